The zero-order valence-corrected chi connectivity index (χ0v) is 15.6. The van der Waals surface area contributed by atoms with E-state index in [-0.39, 0.29) is 18.2 Å². The Morgan fingerprint density at radius 1 is 0.760 bits per heavy atom. The molecule has 2 saturated carbocycles. The van der Waals surface area contributed by atoms with Crippen LogP contribution in [-0.2, 0) is 4.74 Å². The van der Waals surface area contributed by atoms with Crippen molar-refractivity contribution in [3.63, 3.8) is 0 Å². The van der Waals surface area contributed by atoms with Crippen molar-refractivity contribution in [3.8, 4) is 0 Å². The molecule has 1 amide bonds. The smallest absolute Gasteiger partial charge is 0.407 e. The highest BCUT2D eigenvalue weighted by atomic mass is 16.6. The van der Waals surface area contributed by atoms with Gasteiger partial charge in [0.1, 0.15) is 6.10 Å². The third-order valence-corrected chi connectivity index (χ3v) is 6.02. The first-order valence-corrected chi connectivity index (χ1v) is 10.6. The molecule has 25 heavy (non-hydrogen) atoms. The molecular formula is C20H35N3O2. The Balaban J connectivity index is 1.39. The van der Waals surface area contributed by atoms with E-state index in [1.165, 1.54) is 51.4 Å². The second kappa shape index (κ2) is 10.1. The molecule has 0 spiro atoms. The van der Waals surface area contributed by atoms with Crippen LogP contribution in [0.4, 0.5) is 4.79 Å². The second-order valence-corrected chi connectivity index (χ2v) is 8.23. The number of nitrogens with zero attached hydrogens (tertiary/aromatic N) is 2. The number of carbonyl (C=O) groups is 1. The highest BCUT2D eigenvalue weighted by Crippen LogP contribution is 2.52. The van der Waals surface area contributed by atoms with Crippen molar-refractivity contribution < 1.29 is 9.53 Å². The molecule has 0 aromatic heterocycles. The van der Waals surface area contributed by atoms with E-state index in [2.05, 4.69) is 15.5 Å². The molecule has 5 nitrogen and oxygen atoms in total. The fourth-order valence-corrected chi connectivity index (χ4v) is 4.40. The number of hydrogen-bond donors (Lipinski definition) is 1. The molecule has 5 heteroatoms. The third-order valence-electron chi connectivity index (χ3n) is 6.02. The normalized spacial score (nSPS) is 34.4. The first-order valence-electron chi connectivity index (χ1n) is 10.6. The van der Waals surface area contributed by atoms with Crippen molar-refractivity contribution >= 4 is 6.09 Å². The SMILES string of the molecule is O=C(NC1CCCCCCCCCN=NCCC1)OC1C[C@@H]2C[C@@H]2C1. The van der Waals surface area contributed by atoms with Crippen LogP contribution >= 0.6 is 0 Å². The summed E-state index contributed by atoms with van der Waals surface area (Å²) in [6, 6.07) is 0.226. The molecular weight excluding hydrogens is 314 g/mol. The van der Waals surface area contributed by atoms with E-state index in [4.69, 9.17) is 4.74 Å². The topological polar surface area (TPSA) is 63.0 Å². The lowest BCUT2D eigenvalue weighted by atomic mass is 10.0. The minimum Gasteiger partial charge on any atom is -0.446 e. The average Bonchev–Trinajstić information content (AvgIpc) is 3.20. The zero-order valence-electron chi connectivity index (χ0n) is 15.6. The number of alkyl carbamates (subject to hydrolysis) is 1. The summed E-state index contributed by atoms with van der Waals surface area (Å²) in [5.74, 6) is 1.70. The van der Waals surface area contributed by atoms with Gasteiger partial charge in [-0.05, 0) is 56.8 Å². The minimum absolute atomic E-state index is 0.166. The average molecular weight is 350 g/mol. The van der Waals surface area contributed by atoms with Crippen molar-refractivity contribution in [2.45, 2.75) is 95.6 Å². The zero-order chi connectivity index (χ0) is 17.3. The van der Waals surface area contributed by atoms with Gasteiger partial charge in [-0.25, -0.2) is 4.79 Å². The van der Waals surface area contributed by atoms with Gasteiger partial charge in [-0.15, -0.1) is 0 Å². The Labute approximate surface area is 152 Å². The van der Waals surface area contributed by atoms with Crippen molar-refractivity contribution in [2.24, 2.45) is 22.1 Å². The fourth-order valence-electron chi connectivity index (χ4n) is 4.40. The van der Waals surface area contributed by atoms with Crippen LogP contribution in [0.3, 0.4) is 0 Å². The molecule has 0 saturated heterocycles. The molecule has 0 aromatic rings. The van der Waals surface area contributed by atoms with Crippen LogP contribution in [0, 0.1) is 11.8 Å². The van der Waals surface area contributed by atoms with Gasteiger partial charge in [0.05, 0.1) is 13.1 Å². The first-order chi connectivity index (χ1) is 12.3. The van der Waals surface area contributed by atoms with Gasteiger partial charge in [-0.3, -0.25) is 0 Å². The van der Waals surface area contributed by atoms with E-state index in [1.54, 1.807) is 0 Å². The van der Waals surface area contributed by atoms with E-state index in [0.29, 0.717) is 0 Å². The van der Waals surface area contributed by atoms with Crippen LogP contribution in [0.1, 0.15) is 83.5 Å². The van der Waals surface area contributed by atoms with Gasteiger partial charge in [-0.2, -0.15) is 10.2 Å². The molecule has 0 bridgehead atoms. The summed E-state index contributed by atoms with van der Waals surface area (Å²) in [6.07, 6.45) is 15.4. The van der Waals surface area contributed by atoms with Gasteiger partial charge in [0.2, 0.25) is 0 Å². The van der Waals surface area contributed by atoms with Crippen molar-refractivity contribution in [3.05, 3.63) is 0 Å². The van der Waals surface area contributed by atoms with Gasteiger partial charge in [0, 0.05) is 6.04 Å². The molecule has 2 unspecified atom stereocenters. The summed E-state index contributed by atoms with van der Waals surface area (Å²) in [7, 11) is 0. The fraction of sp³-hybridized carbons (Fsp3) is 0.950. The lowest BCUT2D eigenvalue weighted by Crippen LogP contribution is -2.37. The van der Waals surface area contributed by atoms with Crippen LogP contribution in [0.25, 0.3) is 0 Å². The predicted molar refractivity (Wildman–Crippen MR) is 98.8 cm³/mol. The lowest BCUT2D eigenvalue weighted by molar-refractivity contribution is 0.0904. The van der Waals surface area contributed by atoms with Gasteiger partial charge < -0.3 is 10.1 Å². The summed E-state index contributed by atoms with van der Waals surface area (Å²) >= 11 is 0. The van der Waals surface area contributed by atoms with Crippen LogP contribution in [0.15, 0.2) is 10.2 Å². The molecule has 3 aliphatic rings. The number of amides is 1. The van der Waals surface area contributed by atoms with E-state index in [0.717, 1.165) is 57.0 Å². The van der Waals surface area contributed by atoms with E-state index < -0.39 is 0 Å². The number of nitrogens with one attached hydrogen (secondary N) is 1. The quantitative estimate of drug-likeness (QED) is 0.740. The monoisotopic (exact) mass is 349 g/mol. The minimum atomic E-state index is -0.198. The molecule has 1 heterocycles. The van der Waals surface area contributed by atoms with Crippen molar-refractivity contribution in [1.82, 2.24) is 5.32 Å². The van der Waals surface area contributed by atoms with Crippen LogP contribution in [-0.4, -0.2) is 31.3 Å². The highest BCUT2D eigenvalue weighted by Gasteiger charge is 2.47. The summed E-state index contributed by atoms with van der Waals surface area (Å²) < 4.78 is 5.65. The van der Waals surface area contributed by atoms with Gasteiger partial charge in [-0.1, -0.05) is 38.5 Å². The number of carbonyl (C=O) groups excluding carboxylic acids is 1. The number of ether oxygens (including phenoxy) is 1. The molecule has 0 radical (unpaired) electrons. The molecule has 2 fully saturated rings. The van der Waals surface area contributed by atoms with E-state index >= 15 is 0 Å². The number of azo groups is 1. The third kappa shape index (κ3) is 6.95. The number of hydrogen-bond acceptors (Lipinski definition) is 4. The standard InChI is InChI=1S/C20H35N3O2/c24-20(25-19-14-16-13-17(16)15-19)23-18-9-6-4-2-1-3-5-7-11-21-22-12-8-10-18/h16-19H,1-15H2,(H,23,24)/t16-,17+,18?,19?. The predicted octanol–water partition coefficient (Wildman–Crippen LogP) is 5.25. The Morgan fingerprint density at radius 2 is 1.36 bits per heavy atom. The highest BCUT2D eigenvalue weighted by molar-refractivity contribution is 5.67. The molecule has 142 valence electrons. The summed E-state index contributed by atoms with van der Waals surface area (Å²) in [4.78, 5) is 12.2. The van der Waals surface area contributed by atoms with Crippen molar-refractivity contribution in [2.75, 3.05) is 13.1 Å². The molecule has 0 aromatic carbocycles. The first kappa shape index (κ1) is 18.7. The van der Waals surface area contributed by atoms with Gasteiger partial charge in [0.15, 0.2) is 0 Å². The molecule has 1 N–H and O–H groups in total. The Hall–Kier alpha value is -1.13. The molecule has 1 aliphatic heterocycles. The molecule has 2 aliphatic carbocycles. The van der Waals surface area contributed by atoms with Gasteiger partial charge in [0.25, 0.3) is 0 Å². The summed E-state index contributed by atoms with van der Waals surface area (Å²) in [5, 5.41) is 11.7. The maximum atomic E-state index is 12.2. The lowest BCUT2D eigenvalue weighted by Gasteiger charge is -2.20. The Bertz CT molecular complexity index is 431. The van der Waals surface area contributed by atoms with Gasteiger partial charge >= 0.3 is 6.09 Å². The molecule has 4 atom stereocenters. The van der Waals surface area contributed by atoms with Crippen molar-refractivity contribution in [1.29, 1.82) is 0 Å². The van der Waals surface area contributed by atoms with E-state index in [1.807, 2.05) is 0 Å². The maximum absolute atomic E-state index is 12.2. The summed E-state index contributed by atoms with van der Waals surface area (Å²) in [5.41, 5.74) is 0. The van der Waals surface area contributed by atoms with Crippen LogP contribution < -0.4 is 5.32 Å². The van der Waals surface area contributed by atoms with E-state index in [9.17, 15) is 4.79 Å². The van der Waals surface area contributed by atoms with Crippen LogP contribution in [0.5, 0.6) is 0 Å². The Morgan fingerprint density at radius 3 is 2.12 bits per heavy atom. The maximum Gasteiger partial charge on any atom is 0.407 e. The largest absolute Gasteiger partial charge is 0.446 e. The molecule has 3 rings (SSSR count). The number of fused-ring (bicyclic) bond motifs is 1. The number of rotatable bonds is 2. The Kier molecular flexibility index (Phi) is 7.55. The van der Waals surface area contributed by atoms with Crippen LogP contribution in [0.2, 0.25) is 0 Å². The second-order valence-electron chi connectivity index (χ2n) is 8.23. The summed E-state index contributed by atoms with van der Waals surface area (Å²) in [6.45, 7) is 1.65.